The van der Waals surface area contributed by atoms with E-state index in [4.69, 9.17) is 4.74 Å². The number of piperazine rings is 1. The number of fused-ring (bicyclic) bond motifs is 1. The SMILES string of the molecule is O=C(c1ccc(OCc2ccccc2)cc1)N1CCN(C(=O)c2cnc3ccccc3n2)CC1. The Hall–Kier alpha value is -4.26. The first-order chi connectivity index (χ1) is 16.7. The van der Waals surface area contributed by atoms with Crippen LogP contribution >= 0.6 is 0 Å². The second-order valence-electron chi connectivity index (χ2n) is 8.13. The Kier molecular flexibility index (Phi) is 6.16. The Labute approximate surface area is 197 Å². The van der Waals surface area contributed by atoms with Gasteiger partial charge in [0.1, 0.15) is 18.1 Å². The molecular formula is C27H24N4O3. The lowest BCUT2D eigenvalue weighted by atomic mass is 10.1. The lowest BCUT2D eigenvalue weighted by molar-refractivity contribution is 0.0532. The lowest BCUT2D eigenvalue weighted by Crippen LogP contribution is -2.50. The second-order valence-corrected chi connectivity index (χ2v) is 8.13. The van der Waals surface area contributed by atoms with Crippen molar-refractivity contribution >= 4 is 22.8 Å². The van der Waals surface area contributed by atoms with Crippen LogP contribution in [0.4, 0.5) is 0 Å². The van der Waals surface area contributed by atoms with E-state index in [2.05, 4.69) is 9.97 Å². The number of nitrogens with zero attached hydrogens (tertiary/aromatic N) is 4. The van der Waals surface area contributed by atoms with Gasteiger partial charge >= 0.3 is 0 Å². The van der Waals surface area contributed by atoms with Gasteiger partial charge < -0.3 is 14.5 Å². The van der Waals surface area contributed by atoms with Crippen LogP contribution in [-0.2, 0) is 6.61 Å². The van der Waals surface area contributed by atoms with Crippen molar-refractivity contribution in [2.45, 2.75) is 6.61 Å². The Morgan fingerprint density at radius 1 is 0.735 bits per heavy atom. The molecule has 170 valence electrons. The standard InChI is InChI=1S/C27H24N4O3/c32-26(21-10-12-22(13-11-21)34-19-20-6-2-1-3-7-20)30-14-16-31(17-15-30)27(33)25-18-28-23-8-4-5-9-24(23)29-25/h1-13,18H,14-17,19H2. The maximum Gasteiger partial charge on any atom is 0.274 e. The lowest BCUT2D eigenvalue weighted by Gasteiger charge is -2.34. The summed E-state index contributed by atoms with van der Waals surface area (Å²) in [6.07, 6.45) is 1.52. The smallest absolute Gasteiger partial charge is 0.274 e. The van der Waals surface area contributed by atoms with Crippen LogP contribution in [0.2, 0.25) is 0 Å². The molecule has 1 fully saturated rings. The largest absolute Gasteiger partial charge is 0.489 e. The number of hydrogen-bond donors (Lipinski definition) is 0. The number of rotatable bonds is 5. The molecule has 0 aliphatic carbocycles. The summed E-state index contributed by atoms with van der Waals surface area (Å²) in [5.74, 6) is 0.504. The third-order valence-electron chi connectivity index (χ3n) is 5.87. The van der Waals surface area contributed by atoms with Gasteiger partial charge in [0.15, 0.2) is 0 Å². The number of benzene rings is 3. The summed E-state index contributed by atoms with van der Waals surface area (Å²) in [6.45, 7) is 2.33. The molecule has 1 aliphatic heterocycles. The maximum absolute atomic E-state index is 12.9. The van der Waals surface area contributed by atoms with Crippen molar-refractivity contribution in [3.05, 3.63) is 102 Å². The highest BCUT2D eigenvalue weighted by Crippen LogP contribution is 2.17. The summed E-state index contributed by atoms with van der Waals surface area (Å²) >= 11 is 0. The van der Waals surface area contributed by atoms with E-state index in [1.807, 2.05) is 66.7 Å². The average molecular weight is 453 g/mol. The molecule has 7 heteroatoms. The van der Waals surface area contributed by atoms with E-state index in [0.29, 0.717) is 55.3 Å². The van der Waals surface area contributed by atoms with E-state index in [-0.39, 0.29) is 11.8 Å². The van der Waals surface area contributed by atoms with Crippen LogP contribution in [0.15, 0.2) is 85.1 Å². The van der Waals surface area contributed by atoms with Gasteiger partial charge in [0.05, 0.1) is 17.2 Å². The van der Waals surface area contributed by atoms with Gasteiger partial charge in [0.25, 0.3) is 11.8 Å². The van der Waals surface area contributed by atoms with Crippen molar-refractivity contribution in [2.24, 2.45) is 0 Å². The molecule has 1 aromatic heterocycles. The van der Waals surface area contributed by atoms with Gasteiger partial charge in [-0.15, -0.1) is 0 Å². The first-order valence-electron chi connectivity index (χ1n) is 11.2. The number of hydrogen-bond acceptors (Lipinski definition) is 5. The van der Waals surface area contributed by atoms with Gasteiger partial charge in [-0.2, -0.15) is 0 Å². The second kappa shape index (κ2) is 9.70. The Bertz CT molecular complexity index is 1300. The van der Waals surface area contributed by atoms with E-state index >= 15 is 0 Å². The number of para-hydroxylation sites is 2. The van der Waals surface area contributed by atoms with Gasteiger partial charge in [0.2, 0.25) is 0 Å². The zero-order valence-corrected chi connectivity index (χ0v) is 18.6. The molecule has 0 atom stereocenters. The third kappa shape index (κ3) is 4.73. The zero-order chi connectivity index (χ0) is 23.3. The number of aromatic nitrogens is 2. The normalized spacial score (nSPS) is 13.6. The van der Waals surface area contributed by atoms with Crippen molar-refractivity contribution in [3.63, 3.8) is 0 Å². The minimum Gasteiger partial charge on any atom is -0.489 e. The number of carbonyl (C=O) groups excluding carboxylic acids is 2. The molecular weight excluding hydrogens is 428 g/mol. The van der Waals surface area contributed by atoms with Crippen LogP contribution in [-0.4, -0.2) is 57.8 Å². The molecule has 0 spiro atoms. The summed E-state index contributed by atoms with van der Waals surface area (Å²) in [7, 11) is 0. The molecule has 4 aromatic rings. The van der Waals surface area contributed by atoms with Crippen LogP contribution < -0.4 is 4.74 Å². The molecule has 1 aliphatic rings. The Morgan fingerprint density at radius 2 is 1.35 bits per heavy atom. The molecule has 3 aromatic carbocycles. The summed E-state index contributed by atoms with van der Waals surface area (Å²) in [6, 6.07) is 24.6. The van der Waals surface area contributed by atoms with Crippen LogP contribution in [0.3, 0.4) is 0 Å². The van der Waals surface area contributed by atoms with Gasteiger partial charge in [-0.05, 0) is 42.0 Å². The highest BCUT2D eigenvalue weighted by Gasteiger charge is 2.26. The van der Waals surface area contributed by atoms with Crippen molar-refractivity contribution < 1.29 is 14.3 Å². The highest BCUT2D eigenvalue weighted by molar-refractivity contribution is 5.96. The van der Waals surface area contributed by atoms with Gasteiger partial charge in [-0.3, -0.25) is 14.6 Å². The predicted octanol–water partition coefficient (Wildman–Crippen LogP) is 3.81. The van der Waals surface area contributed by atoms with E-state index in [9.17, 15) is 9.59 Å². The van der Waals surface area contributed by atoms with Gasteiger partial charge in [0, 0.05) is 31.7 Å². The highest BCUT2D eigenvalue weighted by atomic mass is 16.5. The summed E-state index contributed by atoms with van der Waals surface area (Å²) in [5, 5.41) is 0. The molecule has 0 N–H and O–H groups in total. The van der Waals surface area contributed by atoms with Crippen LogP contribution in [0.5, 0.6) is 5.75 Å². The Balaban J connectivity index is 1.16. The van der Waals surface area contributed by atoms with Crippen molar-refractivity contribution in [2.75, 3.05) is 26.2 Å². The van der Waals surface area contributed by atoms with Crippen molar-refractivity contribution in [1.82, 2.24) is 19.8 Å². The number of carbonyl (C=O) groups is 2. The maximum atomic E-state index is 12.9. The molecule has 0 saturated carbocycles. The van der Waals surface area contributed by atoms with E-state index in [1.165, 1.54) is 6.20 Å². The molecule has 5 rings (SSSR count). The fraction of sp³-hybridized carbons (Fsp3) is 0.185. The zero-order valence-electron chi connectivity index (χ0n) is 18.6. The fourth-order valence-corrected chi connectivity index (χ4v) is 3.95. The molecule has 7 nitrogen and oxygen atoms in total. The molecule has 2 heterocycles. The molecule has 1 saturated heterocycles. The number of amides is 2. The summed E-state index contributed by atoms with van der Waals surface area (Å²) in [4.78, 5) is 38.1. The molecule has 34 heavy (non-hydrogen) atoms. The first kappa shape index (κ1) is 21.6. The van der Waals surface area contributed by atoms with Gasteiger partial charge in [-0.1, -0.05) is 42.5 Å². The first-order valence-corrected chi connectivity index (χ1v) is 11.2. The minimum atomic E-state index is -0.162. The van der Waals surface area contributed by atoms with E-state index in [1.54, 1.807) is 21.9 Å². The van der Waals surface area contributed by atoms with Crippen LogP contribution in [0.1, 0.15) is 26.4 Å². The fourth-order valence-electron chi connectivity index (χ4n) is 3.95. The topological polar surface area (TPSA) is 75.6 Å². The summed E-state index contributed by atoms with van der Waals surface area (Å²) < 4.78 is 5.80. The average Bonchev–Trinajstić information content (AvgIpc) is 2.92. The molecule has 0 bridgehead atoms. The summed E-state index contributed by atoms with van der Waals surface area (Å²) in [5.41, 5.74) is 3.46. The molecule has 0 radical (unpaired) electrons. The minimum absolute atomic E-state index is 0.0489. The predicted molar refractivity (Wildman–Crippen MR) is 129 cm³/mol. The molecule has 0 unspecified atom stereocenters. The Morgan fingerprint density at radius 3 is 2.06 bits per heavy atom. The van der Waals surface area contributed by atoms with E-state index in [0.717, 1.165) is 11.1 Å². The van der Waals surface area contributed by atoms with Crippen LogP contribution in [0, 0.1) is 0 Å². The van der Waals surface area contributed by atoms with Crippen molar-refractivity contribution in [1.29, 1.82) is 0 Å². The van der Waals surface area contributed by atoms with Gasteiger partial charge in [-0.25, -0.2) is 4.98 Å². The van der Waals surface area contributed by atoms with E-state index < -0.39 is 0 Å². The van der Waals surface area contributed by atoms with Crippen molar-refractivity contribution in [3.8, 4) is 5.75 Å². The number of ether oxygens (including phenoxy) is 1. The van der Waals surface area contributed by atoms with Crippen LogP contribution in [0.25, 0.3) is 11.0 Å². The third-order valence-corrected chi connectivity index (χ3v) is 5.87. The monoisotopic (exact) mass is 452 g/mol. The molecule has 2 amide bonds. The quantitative estimate of drug-likeness (QED) is 0.460.